The Labute approximate surface area is 200 Å². The predicted molar refractivity (Wildman–Crippen MR) is 130 cm³/mol. The third kappa shape index (κ3) is 6.14. The maximum absolute atomic E-state index is 13.1. The number of alkyl carbamates (subject to hydrolysis) is 1. The Morgan fingerprint density at radius 2 is 1.59 bits per heavy atom. The van der Waals surface area contributed by atoms with Gasteiger partial charge in [0, 0.05) is 19.0 Å². The molecule has 0 saturated carbocycles. The molecule has 1 aliphatic rings. The zero-order valence-electron chi connectivity index (χ0n) is 20.0. The molecule has 8 nitrogen and oxygen atoms in total. The summed E-state index contributed by atoms with van der Waals surface area (Å²) in [5, 5.41) is 11.9. The van der Waals surface area contributed by atoms with E-state index in [-0.39, 0.29) is 19.1 Å². The lowest BCUT2D eigenvalue weighted by atomic mass is 9.98. The van der Waals surface area contributed by atoms with Crippen molar-refractivity contribution < 1.29 is 24.2 Å². The van der Waals surface area contributed by atoms with Gasteiger partial charge in [0.05, 0.1) is 0 Å². The van der Waals surface area contributed by atoms with E-state index in [4.69, 9.17) is 4.74 Å². The van der Waals surface area contributed by atoms with Gasteiger partial charge in [0.2, 0.25) is 5.91 Å². The minimum Gasteiger partial charge on any atom is -0.480 e. The van der Waals surface area contributed by atoms with Gasteiger partial charge in [-0.15, -0.1) is 0 Å². The van der Waals surface area contributed by atoms with Crippen molar-refractivity contribution in [2.75, 3.05) is 40.3 Å². The highest BCUT2D eigenvalue weighted by molar-refractivity contribution is 5.88. The van der Waals surface area contributed by atoms with Crippen LogP contribution in [-0.2, 0) is 14.3 Å². The first-order valence-corrected chi connectivity index (χ1v) is 11.6. The Balaban J connectivity index is 1.67. The molecule has 2 aromatic carbocycles. The first-order chi connectivity index (χ1) is 16.3. The second kappa shape index (κ2) is 11.7. The van der Waals surface area contributed by atoms with E-state index in [0.717, 1.165) is 22.3 Å². The largest absolute Gasteiger partial charge is 0.480 e. The summed E-state index contributed by atoms with van der Waals surface area (Å²) in [7, 11) is 3.70. The highest BCUT2D eigenvalue weighted by Gasteiger charge is 2.31. The average molecular weight is 468 g/mol. The Hall–Kier alpha value is -3.39. The minimum absolute atomic E-state index is 0.0814. The zero-order valence-corrected chi connectivity index (χ0v) is 20.0. The van der Waals surface area contributed by atoms with Crippen LogP contribution >= 0.6 is 0 Å². The van der Waals surface area contributed by atoms with Crippen molar-refractivity contribution in [1.29, 1.82) is 0 Å². The van der Waals surface area contributed by atoms with Crippen LogP contribution < -0.4 is 5.32 Å². The van der Waals surface area contributed by atoms with Crippen molar-refractivity contribution in [3.8, 4) is 11.1 Å². The number of rotatable bonds is 11. The van der Waals surface area contributed by atoms with E-state index in [1.165, 1.54) is 4.90 Å². The highest BCUT2D eigenvalue weighted by atomic mass is 16.5. The van der Waals surface area contributed by atoms with Crippen molar-refractivity contribution in [2.24, 2.45) is 0 Å². The Kier molecular flexibility index (Phi) is 8.65. The van der Waals surface area contributed by atoms with E-state index in [1.54, 1.807) is 0 Å². The standard InChI is InChI=1S/C26H33N3O5/c1-4-9-23(25(32)29(16-24(30)31)15-14-28(2)3)27-26(33)34-17-22-20-12-7-5-10-18(20)19-11-6-8-13-21(19)22/h5-8,10-13,22-23H,4,9,14-17H2,1-3H3,(H,27,33)(H,30,31)/t23-/m1/s1. The van der Waals surface area contributed by atoms with Crippen LogP contribution in [0.1, 0.15) is 36.8 Å². The summed E-state index contributed by atoms with van der Waals surface area (Å²) >= 11 is 0. The van der Waals surface area contributed by atoms with E-state index < -0.39 is 30.6 Å². The van der Waals surface area contributed by atoms with Crippen LogP contribution in [0.2, 0.25) is 0 Å². The molecule has 182 valence electrons. The van der Waals surface area contributed by atoms with Crippen molar-refractivity contribution in [3.05, 3.63) is 59.7 Å². The number of aliphatic carboxylic acids is 1. The number of ether oxygens (including phenoxy) is 1. The molecule has 2 aromatic rings. The molecule has 2 N–H and O–H groups in total. The quantitative estimate of drug-likeness (QED) is 0.527. The highest BCUT2D eigenvalue weighted by Crippen LogP contribution is 2.44. The minimum atomic E-state index is -1.09. The predicted octanol–water partition coefficient (Wildman–Crippen LogP) is 3.17. The van der Waals surface area contributed by atoms with Gasteiger partial charge in [0.15, 0.2) is 0 Å². The Bertz CT molecular complexity index is 978. The number of carboxylic acids is 1. The molecule has 0 heterocycles. The summed E-state index contributed by atoms with van der Waals surface area (Å²) in [5.74, 6) is -1.59. The van der Waals surface area contributed by atoms with Crippen LogP contribution in [0, 0.1) is 0 Å². The number of carbonyl (C=O) groups excluding carboxylic acids is 2. The average Bonchev–Trinajstić information content (AvgIpc) is 3.13. The first-order valence-electron chi connectivity index (χ1n) is 11.6. The lowest BCUT2D eigenvalue weighted by Gasteiger charge is -2.27. The van der Waals surface area contributed by atoms with Crippen LogP contribution in [0.4, 0.5) is 4.79 Å². The number of hydrogen-bond donors (Lipinski definition) is 2. The van der Waals surface area contributed by atoms with Gasteiger partial charge in [0.1, 0.15) is 19.2 Å². The summed E-state index contributed by atoms with van der Waals surface area (Å²) < 4.78 is 5.58. The van der Waals surface area contributed by atoms with Gasteiger partial charge < -0.3 is 25.0 Å². The van der Waals surface area contributed by atoms with Gasteiger partial charge in [-0.3, -0.25) is 9.59 Å². The van der Waals surface area contributed by atoms with Gasteiger partial charge in [-0.05, 0) is 42.8 Å². The number of hydrogen-bond acceptors (Lipinski definition) is 5. The lowest BCUT2D eigenvalue weighted by Crippen LogP contribution is -2.51. The monoisotopic (exact) mass is 467 g/mol. The molecule has 0 spiro atoms. The van der Waals surface area contributed by atoms with Gasteiger partial charge in [-0.2, -0.15) is 0 Å². The third-order valence-electron chi connectivity index (χ3n) is 5.97. The number of likely N-dealkylation sites (N-methyl/N-ethyl adjacent to an activating group) is 1. The number of fused-ring (bicyclic) bond motifs is 3. The molecule has 1 aliphatic carbocycles. The van der Waals surface area contributed by atoms with Gasteiger partial charge in [-0.25, -0.2) is 4.79 Å². The molecule has 0 aliphatic heterocycles. The van der Waals surface area contributed by atoms with Crippen LogP contribution in [0.3, 0.4) is 0 Å². The van der Waals surface area contributed by atoms with Crippen molar-refractivity contribution >= 4 is 18.0 Å². The second-order valence-corrected chi connectivity index (χ2v) is 8.77. The molecular formula is C26H33N3O5. The summed E-state index contributed by atoms with van der Waals surface area (Å²) in [5.41, 5.74) is 4.48. The van der Waals surface area contributed by atoms with Gasteiger partial charge in [-0.1, -0.05) is 61.9 Å². The van der Waals surface area contributed by atoms with Crippen LogP contribution in [0.15, 0.2) is 48.5 Å². The molecule has 0 unspecified atom stereocenters. The molecule has 34 heavy (non-hydrogen) atoms. The topological polar surface area (TPSA) is 99.2 Å². The molecule has 0 fully saturated rings. The number of benzene rings is 2. The van der Waals surface area contributed by atoms with Gasteiger partial charge >= 0.3 is 12.1 Å². The second-order valence-electron chi connectivity index (χ2n) is 8.77. The van der Waals surface area contributed by atoms with Crippen LogP contribution in [0.5, 0.6) is 0 Å². The number of nitrogens with zero attached hydrogens (tertiary/aromatic N) is 2. The lowest BCUT2D eigenvalue weighted by molar-refractivity contribution is -0.145. The Morgan fingerprint density at radius 1 is 1.00 bits per heavy atom. The van der Waals surface area contributed by atoms with E-state index >= 15 is 0 Å². The third-order valence-corrected chi connectivity index (χ3v) is 5.97. The normalized spacial score (nSPS) is 13.2. The summed E-state index contributed by atoms with van der Waals surface area (Å²) in [6.45, 7) is 2.40. The van der Waals surface area contributed by atoms with Crippen LogP contribution in [-0.4, -0.2) is 79.3 Å². The fourth-order valence-corrected chi connectivity index (χ4v) is 4.30. The number of nitrogens with one attached hydrogen (secondary N) is 1. The number of carbonyl (C=O) groups is 3. The first kappa shape index (κ1) is 25.2. The summed E-state index contributed by atoms with van der Waals surface area (Å²) in [4.78, 5) is 40.2. The number of carboxylic acid groups (broad SMARTS) is 1. The van der Waals surface area contributed by atoms with Crippen molar-refractivity contribution in [3.63, 3.8) is 0 Å². The molecule has 0 aromatic heterocycles. The maximum atomic E-state index is 13.1. The molecule has 1 atom stereocenters. The molecule has 2 amide bonds. The SMILES string of the molecule is CCC[C@@H](NC(=O)OCC1c2ccccc2-c2ccccc21)C(=O)N(CCN(C)C)CC(=O)O. The molecule has 0 bridgehead atoms. The summed E-state index contributed by atoms with van der Waals surface area (Å²) in [6.07, 6.45) is 0.354. The van der Waals surface area contributed by atoms with E-state index in [1.807, 2.05) is 62.3 Å². The van der Waals surface area contributed by atoms with E-state index in [9.17, 15) is 19.5 Å². The fraction of sp³-hybridized carbons (Fsp3) is 0.423. The maximum Gasteiger partial charge on any atom is 0.407 e. The van der Waals surface area contributed by atoms with Gasteiger partial charge in [0.25, 0.3) is 0 Å². The molecular weight excluding hydrogens is 434 g/mol. The van der Waals surface area contributed by atoms with Crippen molar-refractivity contribution in [2.45, 2.75) is 31.7 Å². The molecule has 3 rings (SSSR count). The van der Waals surface area contributed by atoms with E-state index in [2.05, 4.69) is 17.4 Å². The number of amides is 2. The summed E-state index contributed by atoms with van der Waals surface area (Å²) in [6, 6.07) is 15.3. The molecule has 0 saturated heterocycles. The molecule has 8 heteroatoms. The van der Waals surface area contributed by atoms with E-state index in [0.29, 0.717) is 19.4 Å². The fourth-order valence-electron chi connectivity index (χ4n) is 4.30. The molecule has 0 radical (unpaired) electrons. The zero-order chi connectivity index (χ0) is 24.7. The Morgan fingerprint density at radius 3 is 2.12 bits per heavy atom. The van der Waals surface area contributed by atoms with Crippen molar-refractivity contribution in [1.82, 2.24) is 15.1 Å². The van der Waals surface area contributed by atoms with Crippen LogP contribution in [0.25, 0.3) is 11.1 Å². The smallest absolute Gasteiger partial charge is 0.407 e.